The van der Waals surface area contributed by atoms with Crippen LogP contribution in [0.3, 0.4) is 0 Å². The van der Waals surface area contributed by atoms with Crippen LogP contribution >= 0.6 is 15.9 Å². The van der Waals surface area contributed by atoms with Gasteiger partial charge < -0.3 is 14.6 Å². The lowest BCUT2D eigenvalue weighted by molar-refractivity contribution is 0.0624. The highest BCUT2D eigenvalue weighted by molar-refractivity contribution is 9.08. The number of aliphatic hydroxyl groups excluding tert-OH is 1. The third-order valence-corrected chi connectivity index (χ3v) is 3.89. The van der Waals surface area contributed by atoms with Crippen LogP contribution in [0.4, 0.5) is 21.2 Å². The summed E-state index contributed by atoms with van der Waals surface area (Å²) in [5.74, 6) is 0.854. The monoisotopic (exact) mass is 510 g/mol. The highest BCUT2D eigenvalue weighted by atomic mass is 79.9. The van der Waals surface area contributed by atoms with Gasteiger partial charge in [0.2, 0.25) is 0 Å². The van der Waals surface area contributed by atoms with Crippen LogP contribution in [0.2, 0.25) is 0 Å². The van der Waals surface area contributed by atoms with E-state index in [1.165, 1.54) is 6.20 Å². The van der Waals surface area contributed by atoms with Crippen LogP contribution in [0.15, 0.2) is 36.7 Å². The van der Waals surface area contributed by atoms with Crippen molar-refractivity contribution in [3.63, 3.8) is 0 Å². The van der Waals surface area contributed by atoms with E-state index in [0.717, 1.165) is 10.9 Å². The largest absolute Gasteiger partial charge is 0.444 e. The summed E-state index contributed by atoms with van der Waals surface area (Å²) in [5.41, 5.74) is 0.678. The van der Waals surface area contributed by atoms with Gasteiger partial charge in [0, 0.05) is 17.7 Å². The molecule has 2 amide bonds. The van der Waals surface area contributed by atoms with E-state index in [9.17, 15) is 9.59 Å². The zero-order valence-electron chi connectivity index (χ0n) is 19.2. The second-order valence-electron chi connectivity index (χ2n) is 8.64. The van der Waals surface area contributed by atoms with Crippen molar-refractivity contribution in [2.24, 2.45) is 0 Å². The number of hydrogen-bond donors (Lipinski definition) is 3. The zero-order chi connectivity index (χ0) is 24.4. The Bertz CT molecular complexity index is 821. The molecule has 32 heavy (non-hydrogen) atoms. The molecule has 176 valence electrons. The number of pyridine rings is 2. The van der Waals surface area contributed by atoms with E-state index >= 15 is 0 Å². The Morgan fingerprint density at radius 3 is 1.66 bits per heavy atom. The fourth-order valence-electron chi connectivity index (χ4n) is 2.08. The molecular formula is C22H31BrN4O5. The number of halogens is 1. The van der Waals surface area contributed by atoms with Crippen LogP contribution in [-0.4, -0.2) is 38.5 Å². The molecule has 0 spiro atoms. The second-order valence-corrected chi connectivity index (χ2v) is 9.20. The molecule has 9 nitrogen and oxygen atoms in total. The number of carbonyl (C=O) groups excluding carboxylic acids is 2. The van der Waals surface area contributed by atoms with Gasteiger partial charge in [0.05, 0.1) is 6.61 Å². The molecule has 2 heterocycles. The highest BCUT2D eigenvalue weighted by Crippen LogP contribution is 2.13. The predicted molar refractivity (Wildman–Crippen MR) is 127 cm³/mol. The lowest BCUT2D eigenvalue weighted by Gasteiger charge is -2.19. The fourth-order valence-corrected chi connectivity index (χ4v) is 2.43. The van der Waals surface area contributed by atoms with Gasteiger partial charge in [-0.15, -0.1) is 0 Å². The summed E-state index contributed by atoms with van der Waals surface area (Å²) < 4.78 is 10.2. The average molecular weight is 511 g/mol. The maximum absolute atomic E-state index is 11.4. The minimum absolute atomic E-state index is 0.0917. The predicted octanol–water partition coefficient (Wildman–Crippen LogP) is 5.24. The Morgan fingerprint density at radius 1 is 0.875 bits per heavy atom. The Kier molecular flexibility index (Phi) is 10.5. The van der Waals surface area contributed by atoms with E-state index in [0.29, 0.717) is 17.2 Å². The molecule has 0 saturated carbocycles. The van der Waals surface area contributed by atoms with Crippen molar-refractivity contribution in [3.8, 4) is 0 Å². The summed E-state index contributed by atoms with van der Waals surface area (Å²) in [7, 11) is 0. The van der Waals surface area contributed by atoms with Crippen molar-refractivity contribution in [2.75, 3.05) is 10.6 Å². The third-order valence-electron chi connectivity index (χ3n) is 3.24. The van der Waals surface area contributed by atoms with E-state index in [2.05, 4.69) is 36.5 Å². The smallest absolute Gasteiger partial charge is 0.413 e. The van der Waals surface area contributed by atoms with Crippen LogP contribution in [0.5, 0.6) is 0 Å². The molecule has 0 saturated heterocycles. The molecule has 0 aliphatic heterocycles. The molecule has 3 N–H and O–H groups in total. The van der Waals surface area contributed by atoms with Gasteiger partial charge >= 0.3 is 12.2 Å². The first kappa shape index (κ1) is 27.3. The number of carbonyl (C=O) groups is 2. The topological polar surface area (TPSA) is 123 Å². The molecule has 0 aromatic carbocycles. The number of nitrogens with zero attached hydrogens (tertiary/aromatic N) is 2. The first-order valence-corrected chi connectivity index (χ1v) is 11.0. The molecule has 10 heteroatoms. The van der Waals surface area contributed by atoms with Crippen LogP contribution in [0, 0.1) is 0 Å². The van der Waals surface area contributed by atoms with E-state index in [1.807, 2.05) is 26.8 Å². The van der Waals surface area contributed by atoms with Crippen molar-refractivity contribution in [1.82, 2.24) is 9.97 Å². The molecule has 0 radical (unpaired) electrons. The normalized spacial score (nSPS) is 11.0. The van der Waals surface area contributed by atoms with Gasteiger partial charge in [0.15, 0.2) is 0 Å². The standard InChI is InChI=1S/C11H15BrN2O2.C11H16N2O3/c1-11(2,3)16-10(15)14-9-6-8(7-12)4-5-13-9;1-11(2,3)16-10(15)13-9-6-8(7-14)4-5-12-9/h4-6H,7H2,1-3H3,(H,13,14,15);4-6,14H,7H2,1-3H3,(H,12,13,15). The molecular weight excluding hydrogens is 480 g/mol. The second kappa shape index (κ2) is 12.4. The lowest BCUT2D eigenvalue weighted by atomic mass is 10.2. The minimum Gasteiger partial charge on any atom is -0.444 e. The molecule has 0 fully saturated rings. The molecule has 0 aliphatic carbocycles. The van der Waals surface area contributed by atoms with E-state index < -0.39 is 23.4 Å². The van der Waals surface area contributed by atoms with Gasteiger partial charge in [-0.25, -0.2) is 19.6 Å². The van der Waals surface area contributed by atoms with Crippen LogP contribution in [-0.2, 0) is 21.4 Å². The molecule has 2 aromatic heterocycles. The summed E-state index contributed by atoms with van der Waals surface area (Å²) in [5, 5.41) is 14.7. The average Bonchev–Trinajstić information content (AvgIpc) is 2.65. The Balaban J connectivity index is 0.000000320. The summed E-state index contributed by atoms with van der Waals surface area (Å²) in [6.07, 6.45) is 2.10. The molecule has 0 aliphatic rings. The molecule has 2 rings (SSSR count). The first-order chi connectivity index (χ1) is 14.8. The maximum atomic E-state index is 11.4. The Labute approximate surface area is 197 Å². The van der Waals surface area contributed by atoms with E-state index in [-0.39, 0.29) is 6.61 Å². The number of hydrogen-bond acceptors (Lipinski definition) is 7. The molecule has 2 aromatic rings. The van der Waals surface area contributed by atoms with Gasteiger partial charge in [-0.1, -0.05) is 15.9 Å². The zero-order valence-corrected chi connectivity index (χ0v) is 20.8. The number of ether oxygens (including phenoxy) is 2. The van der Waals surface area contributed by atoms with E-state index in [4.69, 9.17) is 14.6 Å². The first-order valence-electron chi connectivity index (χ1n) is 9.88. The number of nitrogens with one attached hydrogen (secondary N) is 2. The van der Waals surface area contributed by atoms with Gasteiger partial charge in [-0.3, -0.25) is 10.6 Å². The van der Waals surface area contributed by atoms with Crippen LogP contribution < -0.4 is 10.6 Å². The van der Waals surface area contributed by atoms with E-state index in [1.54, 1.807) is 45.2 Å². The molecule has 0 atom stereocenters. The van der Waals surface area contributed by atoms with Crippen molar-refractivity contribution in [2.45, 2.75) is 64.7 Å². The quantitative estimate of drug-likeness (QED) is 0.480. The van der Waals surface area contributed by atoms with Gasteiger partial charge in [0.1, 0.15) is 22.8 Å². The van der Waals surface area contributed by atoms with Crippen molar-refractivity contribution in [3.05, 3.63) is 47.8 Å². The van der Waals surface area contributed by atoms with Crippen molar-refractivity contribution in [1.29, 1.82) is 0 Å². The number of alkyl halides is 1. The van der Waals surface area contributed by atoms with Crippen molar-refractivity contribution < 1.29 is 24.2 Å². The van der Waals surface area contributed by atoms with Gasteiger partial charge in [-0.05, 0) is 76.9 Å². The summed E-state index contributed by atoms with van der Waals surface area (Å²) in [4.78, 5) is 30.8. The Morgan fingerprint density at radius 2 is 1.28 bits per heavy atom. The lowest BCUT2D eigenvalue weighted by Crippen LogP contribution is -2.27. The van der Waals surface area contributed by atoms with Crippen molar-refractivity contribution >= 4 is 39.8 Å². The Hall–Kier alpha value is -2.72. The third kappa shape index (κ3) is 12.2. The highest BCUT2D eigenvalue weighted by Gasteiger charge is 2.17. The van der Waals surface area contributed by atoms with Gasteiger partial charge in [0.25, 0.3) is 0 Å². The van der Waals surface area contributed by atoms with Crippen LogP contribution in [0.25, 0.3) is 0 Å². The van der Waals surface area contributed by atoms with Crippen LogP contribution in [0.1, 0.15) is 52.7 Å². The number of aromatic nitrogens is 2. The number of rotatable bonds is 4. The molecule has 0 bridgehead atoms. The number of anilines is 2. The number of amides is 2. The number of aliphatic hydroxyl groups is 1. The summed E-state index contributed by atoms with van der Waals surface area (Å²) in [6, 6.07) is 6.91. The van der Waals surface area contributed by atoms with Gasteiger partial charge in [-0.2, -0.15) is 0 Å². The summed E-state index contributed by atoms with van der Waals surface area (Å²) in [6.45, 7) is 10.7. The minimum atomic E-state index is -0.560. The maximum Gasteiger partial charge on any atom is 0.413 e. The fraction of sp³-hybridized carbons (Fsp3) is 0.455. The molecule has 0 unspecified atom stereocenters. The summed E-state index contributed by atoms with van der Waals surface area (Å²) >= 11 is 3.33. The SMILES string of the molecule is CC(C)(C)OC(=O)Nc1cc(CBr)ccn1.CC(C)(C)OC(=O)Nc1cc(CO)ccn1.